The van der Waals surface area contributed by atoms with Crippen molar-refractivity contribution in [2.75, 3.05) is 31.8 Å². The molecule has 1 aliphatic rings. The van der Waals surface area contributed by atoms with Gasteiger partial charge in [-0.25, -0.2) is 12.7 Å². The third kappa shape index (κ3) is 5.48. The van der Waals surface area contributed by atoms with Crippen LogP contribution >= 0.6 is 0 Å². The van der Waals surface area contributed by atoms with E-state index in [9.17, 15) is 13.2 Å². The number of carbonyl (C=O) groups excluding carboxylic acids is 1. The van der Waals surface area contributed by atoms with Crippen LogP contribution in [0.3, 0.4) is 0 Å². The molecule has 1 saturated heterocycles. The summed E-state index contributed by atoms with van der Waals surface area (Å²) in [6.45, 7) is 3.72. The van der Waals surface area contributed by atoms with Crippen molar-refractivity contribution in [1.82, 2.24) is 14.1 Å². The van der Waals surface area contributed by atoms with Crippen LogP contribution in [-0.2, 0) is 16.6 Å². The highest BCUT2D eigenvalue weighted by atomic mass is 32.2. The molecule has 8 nitrogen and oxygen atoms in total. The van der Waals surface area contributed by atoms with Crippen LogP contribution in [0.4, 0.5) is 5.69 Å². The monoisotopic (exact) mass is 482 g/mol. The molecule has 1 fully saturated rings. The van der Waals surface area contributed by atoms with Gasteiger partial charge >= 0.3 is 0 Å². The Labute approximate surface area is 200 Å². The van der Waals surface area contributed by atoms with E-state index in [1.807, 2.05) is 60.3 Å². The molecule has 0 radical (unpaired) electrons. The van der Waals surface area contributed by atoms with Gasteiger partial charge in [-0.15, -0.1) is 0 Å². The van der Waals surface area contributed by atoms with Gasteiger partial charge in [-0.2, -0.15) is 5.10 Å². The number of sulfonamides is 1. The summed E-state index contributed by atoms with van der Waals surface area (Å²) in [5, 5.41) is 7.34. The van der Waals surface area contributed by atoms with Gasteiger partial charge < -0.3 is 10.1 Å². The Bertz CT molecular complexity index is 1260. The summed E-state index contributed by atoms with van der Waals surface area (Å²) < 4.78 is 32.0. The third-order valence-corrected chi connectivity index (χ3v) is 7.66. The zero-order valence-electron chi connectivity index (χ0n) is 19.7. The standard InChI is InChI=1S/C25H30N4O4S/c1-18-23(20-7-9-22(33-2)10-8-20)5-4-6-24(18)25(30)27-21-15-26-28(17-21)16-19-11-13-29(14-12-19)34(3,31)32/h4-10,15,17,19H,11-14,16H2,1-3H3,(H,27,30). The van der Waals surface area contributed by atoms with E-state index in [4.69, 9.17) is 4.74 Å². The van der Waals surface area contributed by atoms with Gasteiger partial charge in [0.2, 0.25) is 10.0 Å². The molecule has 0 aliphatic carbocycles. The summed E-state index contributed by atoms with van der Waals surface area (Å²) >= 11 is 0. The largest absolute Gasteiger partial charge is 0.497 e. The maximum absolute atomic E-state index is 13.0. The molecule has 2 aromatic carbocycles. The van der Waals surface area contributed by atoms with Crippen LogP contribution < -0.4 is 10.1 Å². The molecule has 2 heterocycles. The van der Waals surface area contributed by atoms with Crippen molar-refractivity contribution in [3.05, 3.63) is 66.0 Å². The van der Waals surface area contributed by atoms with Crippen molar-refractivity contribution >= 4 is 21.6 Å². The second-order valence-electron chi connectivity index (χ2n) is 8.72. The number of piperidine rings is 1. The smallest absolute Gasteiger partial charge is 0.256 e. The lowest BCUT2D eigenvalue weighted by Crippen LogP contribution is -2.38. The first-order valence-electron chi connectivity index (χ1n) is 11.3. The number of nitrogens with zero attached hydrogens (tertiary/aromatic N) is 3. The van der Waals surface area contributed by atoms with Crippen molar-refractivity contribution in [1.29, 1.82) is 0 Å². The first-order valence-corrected chi connectivity index (χ1v) is 13.1. The zero-order valence-corrected chi connectivity index (χ0v) is 20.5. The maximum atomic E-state index is 13.0. The minimum Gasteiger partial charge on any atom is -0.497 e. The number of methoxy groups -OCH3 is 1. The SMILES string of the molecule is COc1ccc(-c2cccc(C(=O)Nc3cnn(CC4CCN(S(C)(=O)=O)CC4)c3)c2C)cc1. The van der Waals surface area contributed by atoms with E-state index in [1.54, 1.807) is 13.3 Å². The molecule has 1 N–H and O–H groups in total. The lowest BCUT2D eigenvalue weighted by molar-refractivity contribution is 0.102. The summed E-state index contributed by atoms with van der Waals surface area (Å²) in [6.07, 6.45) is 6.32. The number of hydrogen-bond donors (Lipinski definition) is 1. The Balaban J connectivity index is 1.40. The minimum absolute atomic E-state index is 0.186. The van der Waals surface area contributed by atoms with Crippen LogP contribution in [-0.4, -0.2) is 54.9 Å². The normalized spacial score (nSPS) is 15.3. The first kappa shape index (κ1) is 24.0. The number of carbonyl (C=O) groups is 1. The van der Waals surface area contributed by atoms with Crippen LogP contribution in [0, 0.1) is 12.8 Å². The molecule has 34 heavy (non-hydrogen) atoms. The molecule has 0 atom stereocenters. The van der Waals surface area contributed by atoms with E-state index in [-0.39, 0.29) is 5.91 Å². The molecule has 1 amide bonds. The average molecular weight is 483 g/mol. The Morgan fingerprint density at radius 3 is 2.50 bits per heavy atom. The predicted octanol–water partition coefficient (Wildman–Crippen LogP) is 3.79. The summed E-state index contributed by atoms with van der Waals surface area (Å²) in [7, 11) is -1.49. The summed E-state index contributed by atoms with van der Waals surface area (Å²) in [4.78, 5) is 13.0. The van der Waals surface area contributed by atoms with Gasteiger partial charge in [0.1, 0.15) is 5.75 Å². The Morgan fingerprint density at radius 1 is 1.15 bits per heavy atom. The maximum Gasteiger partial charge on any atom is 0.256 e. The fourth-order valence-corrected chi connectivity index (χ4v) is 5.25. The molecule has 0 spiro atoms. The van der Waals surface area contributed by atoms with Crippen molar-refractivity contribution < 1.29 is 17.9 Å². The van der Waals surface area contributed by atoms with Crippen molar-refractivity contribution in [3.8, 4) is 16.9 Å². The van der Waals surface area contributed by atoms with E-state index in [1.165, 1.54) is 10.6 Å². The summed E-state index contributed by atoms with van der Waals surface area (Å²) in [6, 6.07) is 13.5. The summed E-state index contributed by atoms with van der Waals surface area (Å²) in [5.74, 6) is 0.951. The predicted molar refractivity (Wildman–Crippen MR) is 132 cm³/mol. The molecular formula is C25H30N4O4S. The van der Waals surface area contributed by atoms with Crippen molar-refractivity contribution in [2.45, 2.75) is 26.3 Å². The molecule has 4 rings (SSSR count). The topological polar surface area (TPSA) is 93.5 Å². The number of anilines is 1. The van der Waals surface area contributed by atoms with E-state index in [0.29, 0.717) is 36.8 Å². The first-order chi connectivity index (χ1) is 16.2. The minimum atomic E-state index is -3.13. The lowest BCUT2D eigenvalue weighted by atomic mass is 9.96. The second-order valence-corrected chi connectivity index (χ2v) is 10.7. The van der Waals surface area contributed by atoms with Gasteiger partial charge in [-0.1, -0.05) is 24.3 Å². The van der Waals surface area contributed by atoms with Crippen LogP contribution in [0.5, 0.6) is 5.75 Å². The quantitative estimate of drug-likeness (QED) is 0.553. The highest BCUT2D eigenvalue weighted by Crippen LogP contribution is 2.28. The molecule has 3 aromatic rings. The molecule has 0 unspecified atom stereocenters. The summed E-state index contributed by atoms with van der Waals surface area (Å²) in [5.41, 5.74) is 4.14. The van der Waals surface area contributed by atoms with Gasteiger partial charge in [0.05, 0.1) is 25.2 Å². The molecule has 180 valence electrons. The number of ether oxygens (including phenoxy) is 1. The number of nitrogens with one attached hydrogen (secondary N) is 1. The molecular weight excluding hydrogens is 452 g/mol. The average Bonchev–Trinajstić information content (AvgIpc) is 3.25. The van der Waals surface area contributed by atoms with Crippen LogP contribution in [0.15, 0.2) is 54.9 Å². The molecule has 1 aliphatic heterocycles. The number of rotatable bonds is 7. The fourth-order valence-electron chi connectivity index (χ4n) is 4.38. The molecule has 1 aromatic heterocycles. The Morgan fingerprint density at radius 2 is 1.85 bits per heavy atom. The van der Waals surface area contributed by atoms with Crippen LogP contribution in [0.25, 0.3) is 11.1 Å². The van der Waals surface area contributed by atoms with Gasteiger partial charge in [0, 0.05) is 31.4 Å². The van der Waals surface area contributed by atoms with Gasteiger partial charge in [0.25, 0.3) is 5.91 Å². The highest BCUT2D eigenvalue weighted by molar-refractivity contribution is 7.88. The van der Waals surface area contributed by atoms with E-state index in [2.05, 4.69) is 10.4 Å². The zero-order chi connectivity index (χ0) is 24.3. The number of hydrogen-bond acceptors (Lipinski definition) is 5. The van der Waals surface area contributed by atoms with Gasteiger partial charge in [-0.3, -0.25) is 9.48 Å². The number of aromatic nitrogens is 2. The highest BCUT2D eigenvalue weighted by Gasteiger charge is 2.25. The molecule has 9 heteroatoms. The fraction of sp³-hybridized carbons (Fsp3) is 0.360. The molecule has 0 bridgehead atoms. The van der Waals surface area contributed by atoms with Gasteiger partial charge in [-0.05, 0) is 60.6 Å². The van der Waals surface area contributed by atoms with Crippen LogP contribution in [0.2, 0.25) is 0 Å². The second kappa shape index (κ2) is 9.99. The lowest BCUT2D eigenvalue weighted by Gasteiger charge is -2.30. The van der Waals surface area contributed by atoms with Gasteiger partial charge in [0.15, 0.2) is 0 Å². The Kier molecular flexibility index (Phi) is 7.04. The molecule has 0 saturated carbocycles. The third-order valence-electron chi connectivity index (χ3n) is 6.36. The number of benzene rings is 2. The Hall–Kier alpha value is -3.17. The van der Waals surface area contributed by atoms with Crippen molar-refractivity contribution in [2.24, 2.45) is 5.92 Å². The van der Waals surface area contributed by atoms with E-state index < -0.39 is 10.0 Å². The van der Waals surface area contributed by atoms with Crippen LogP contribution in [0.1, 0.15) is 28.8 Å². The van der Waals surface area contributed by atoms with E-state index >= 15 is 0 Å². The van der Waals surface area contributed by atoms with E-state index in [0.717, 1.165) is 35.3 Å². The number of amides is 1. The van der Waals surface area contributed by atoms with Crippen molar-refractivity contribution in [3.63, 3.8) is 0 Å².